The van der Waals surface area contributed by atoms with Crippen LogP contribution in [0, 0.1) is 10.1 Å². The van der Waals surface area contributed by atoms with Crippen LogP contribution in [0.5, 0.6) is 11.5 Å². The minimum atomic E-state index is -0.491. The molecule has 1 aliphatic rings. The highest BCUT2D eigenvalue weighted by Crippen LogP contribution is 2.38. The van der Waals surface area contributed by atoms with Crippen LogP contribution in [-0.4, -0.2) is 32.9 Å². The number of thioether (sulfide) groups is 2. The number of nitrogens with zero attached hydrogens (tertiary/aromatic N) is 3. The van der Waals surface area contributed by atoms with Crippen LogP contribution in [-0.2, 0) is 0 Å². The SMILES string of the molecule is C=C(S/C(=C\C)[N+](=O)[O-])Sc1n[nH]c(=O)n1-c1ccc2c(c1)OCCO2. The van der Waals surface area contributed by atoms with E-state index in [9.17, 15) is 14.9 Å². The van der Waals surface area contributed by atoms with Gasteiger partial charge < -0.3 is 9.47 Å². The van der Waals surface area contributed by atoms with Crippen molar-refractivity contribution in [3.05, 3.63) is 60.7 Å². The Balaban J connectivity index is 1.87. The van der Waals surface area contributed by atoms with Gasteiger partial charge in [0.1, 0.15) is 13.2 Å². The van der Waals surface area contributed by atoms with Gasteiger partial charge in [0.05, 0.1) is 14.8 Å². The third-order valence-corrected chi connectivity index (χ3v) is 5.28. The van der Waals surface area contributed by atoms with Gasteiger partial charge in [0.25, 0.3) is 0 Å². The summed E-state index contributed by atoms with van der Waals surface area (Å²) in [5.74, 6) is 1.14. The van der Waals surface area contributed by atoms with E-state index >= 15 is 0 Å². The Hall–Kier alpha value is -2.66. The first-order valence-corrected chi connectivity index (χ1v) is 9.05. The maximum atomic E-state index is 12.2. The van der Waals surface area contributed by atoms with Crippen molar-refractivity contribution in [2.45, 2.75) is 12.1 Å². The molecule has 3 rings (SSSR count). The van der Waals surface area contributed by atoms with Gasteiger partial charge in [-0.15, -0.1) is 5.10 Å². The molecule has 0 bridgehead atoms. The van der Waals surface area contributed by atoms with Gasteiger partial charge in [-0.1, -0.05) is 6.58 Å². The molecule has 0 atom stereocenters. The summed E-state index contributed by atoms with van der Waals surface area (Å²) in [6.45, 7) is 6.27. The Labute approximate surface area is 156 Å². The molecule has 0 aliphatic carbocycles. The van der Waals surface area contributed by atoms with Crippen molar-refractivity contribution in [3.63, 3.8) is 0 Å². The van der Waals surface area contributed by atoms with Gasteiger partial charge in [0, 0.05) is 6.07 Å². The van der Waals surface area contributed by atoms with E-state index in [1.807, 2.05) is 0 Å². The van der Waals surface area contributed by atoms with Gasteiger partial charge in [0.15, 0.2) is 11.5 Å². The summed E-state index contributed by atoms with van der Waals surface area (Å²) >= 11 is 1.96. The second-order valence-electron chi connectivity index (χ2n) is 4.93. The molecule has 1 N–H and O–H groups in total. The van der Waals surface area contributed by atoms with E-state index in [1.54, 1.807) is 25.1 Å². The van der Waals surface area contributed by atoms with E-state index in [4.69, 9.17) is 9.47 Å². The average molecular weight is 394 g/mol. The van der Waals surface area contributed by atoms with Crippen molar-refractivity contribution < 1.29 is 14.4 Å². The van der Waals surface area contributed by atoms with Crippen LogP contribution in [0.2, 0.25) is 0 Å². The number of allylic oxidation sites excluding steroid dienone is 1. The second kappa shape index (κ2) is 7.70. The summed E-state index contributed by atoms with van der Waals surface area (Å²) in [5, 5.41) is 17.5. The number of hydrogen-bond donors (Lipinski definition) is 1. The molecule has 0 fully saturated rings. The number of ether oxygens (including phenoxy) is 2. The van der Waals surface area contributed by atoms with Crippen LogP contribution in [0.15, 0.2) is 50.1 Å². The molecular weight excluding hydrogens is 380 g/mol. The second-order valence-corrected chi connectivity index (χ2v) is 7.37. The highest BCUT2D eigenvalue weighted by molar-refractivity contribution is 8.23. The van der Waals surface area contributed by atoms with E-state index in [0.29, 0.717) is 39.8 Å². The summed E-state index contributed by atoms with van der Waals surface area (Å²) in [5.41, 5.74) is 0.0938. The standard InChI is InChI=1S/C15H14N4O5S2/c1-3-13(19(21)22)25-9(2)26-15-17-16-14(20)18(15)10-4-5-11-12(8-10)24-7-6-23-11/h3-5,8H,2,6-7H2,1H3,(H,16,20)/b13-3-. The van der Waals surface area contributed by atoms with E-state index in [2.05, 4.69) is 16.8 Å². The predicted molar refractivity (Wildman–Crippen MR) is 98.5 cm³/mol. The zero-order valence-corrected chi connectivity index (χ0v) is 15.3. The number of H-pyrrole nitrogens is 1. The smallest absolute Gasteiger partial charge is 0.348 e. The van der Waals surface area contributed by atoms with Crippen molar-refractivity contribution in [2.24, 2.45) is 0 Å². The Kier molecular flexibility index (Phi) is 5.38. The number of hydrogen-bond acceptors (Lipinski definition) is 8. The number of nitro groups is 1. The molecule has 0 saturated carbocycles. The molecule has 0 amide bonds. The van der Waals surface area contributed by atoms with Crippen LogP contribution in [0.25, 0.3) is 5.69 Å². The molecule has 1 aromatic carbocycles. The molecule has 26 heavy (non-hydrogen) atoms. The summed E-state index contributed by atoms with van der Waals surface area (Å²) in [4.78, 5) is 22.6. The number of fused-ring (bicyclic) bond motifs is 1. The molecule has 0 saturated heterocycles. The predicted octanol–water partition coefficient (Wildman–Crippen LogP) is 2.77. The minimum absolute atomic E-state index is 0.0498. The molecular formula is C15H14N4O5S2. The van der Waals surface area contributed by atoms with Gasteiger partial charge in [0.2, 0.25) is 5.16 Å². The van der Waals surface area contributed by atoms with E-state index in [1.165, 1.54) is 10.6 Å². The topological polar surface area (TPSA) is 112 Å². The lowest BCUT2D eigenvalue weighted by atomic mass is 10.2. The van der Waals surface area contributed by atoms with Crippen molar-refractivity contribution in [3.8, 4) is 17.2 Å². The molecule has 2 aromatic rings. The fraction of sp³-hybridized carbons (Fsp3) is 0.200. The zero-order valence-electron chi connectivity index (χ0n) is 13.6. The van der Waals surface area contributed by atoms with Crippen molar-refractivity contribution >= 4 is 23.5 Å². The lowest BCUT2D eigenvalue weighted by Gasteiger charge is -2.19. The average Bonchev–Trinajstić information content (AvgIpc) is 2.99. The van der Waals surface area contributed by atoms with Crippen molar-refractivity contribution in [2.75, 3.05) is 13.2 Å². The van der Waals surface area contributed by atoms with Gasteiger partial charge in [-0.2, -0.15) is 0 Å². The molecule has 2 heterocycles. The monoisotopic (exact) mass is 394 g/mol. The van der Waals surface area contributed by atoms with Gasteiger partial charge in [-0.05, 0) is 48.7 Å². The van der Waals surface area contributed by atoms with Crippen LogP contribution < -0.4 is 15.2 Å². The first kappa shape index (κ1) is 18.1. The Morgan fingerprint density at radius 3 is 2.85 bits per heavy atom. The van der Waals surface area contributed by atoms with Crippen LogP contribution in [0.3, 0.4) is 0 Å². The Bertz CT molecular complexity index is 950. The lowest BCUT2D eigenvalue weighted by Crippen LogP contribution is -2.18. The molecule has 1 aliphatic heterocycles. The van der Waals surface area contributed by atoms with Crippen LogP contribution in [0.4, 0.5) is 0 Å². The quantitative estimate of drug-likeness (QED) is 0.452. The zero-order chi connectivity index (χ0) is 18.7. The first-order chi connectivity index (χ1) is 12.5. The summed E-state index contributed by atoms with van der Waals surface area (Å²) in [7, 11) is 0. The highest BCUT2D eigenvalue weighted by Gasteiger charge is 2.19. The molecule has 9 nitrogen and oxygen atoms in total. The molecule has 136 valence electrons. The fourth-order valence-electron chi connectivity index (χ4n) is 2.19. The highest BCUT2D eigenvalue weighted by atomic mass is 32.2. The maximum Gasteiger partial charge on any atom is 0.348 e. The molecule has 0 spiro atoms. The molecule has 0 unspecified atom stereocenters. The maximum absolute atomic E-state index is 12.2. The Morgan fingerprint density at radius 1 is 1.42 bits per heavy atom. The van der Waals surface area contributed by atoms with Crippen molar-refractivity contribution in [1.82, 2.24) is 14.8 Å². The van der Waals surface area contributed by atoms with E-state index in [-0.39, 0.29) is 5.03 Å². The number of nitrogens with one attached hydrogen (secondary N) is 1. The minimum Gasteiger partial charge on any atom is -0.486 e. The largest absolute Gasteiger partial charge is 0.486 e. The van der Waals surface area contributed by atoms with E-state index in [0.717, 1.165) is 23.5 Å². The van der Waals surface area contributed by atoms with Gasteiger partial charge in [-0.25, -0.2) is 14.5 Å². The van der Waals surface area contributed by atoms with Crippen LogP contribution in [0.1, 0.15) is 6.92 Å². The number of aromatic amines is 1. The molecule has 11 heteroatoms. The third-order valence-electron chi connectivity index (χ3n) is 3.28. The first-order valence-electron chi connectivity index (χ1n) is 7.42. The van der Waals surface area contributed by atoms with Crippen molar-refractivity contribution in [1.29, 1.82) is 0 Å². The van der Waals surface area contributed by atoms with E-state index < -0.39 is 10.6 Å². The van der Waals surface area contributed by atoms with Gasteiger partial charge >= 0.3 is 10.7 Å². The Morgan fingerprint density at radius 2 is 2.15 bits per heavy atom. The number of rotatable bonds is 6. The third kappa shape index (κ3) is 3.78. The number of benzene rings is 1. The fourth-order valence-corrected chi connectivity index (χ4v) is 3.84. The van der Waals surface area contributed by atoms with Gasteiger partial charge in [-0.3, -0.25) is 10.1 Å². The lowest BCUT2D eigenvalue weighted by molar-refractivity contribution is -0.410. The normalized spacial score (nSPS) is 13.5. The summed E-state index contributed by atoms with van der Waals surface area (Å²) < 4.78 is 12.8. The molecule has 0 radical (unpaired) electrons. The number of aromatic nitrogens is 3. The summed E-state index contributed by atoms with van der Waals surface area (Å²) in [6.07, 6.45) is 1.38. The van der Waals surface area contributed by atoms with Crippen LogP contribution >= 0.6 is 23.5 Å². The summed E-state index contributed by atoms with van der Waals surface area (Å²) in [6, 6.07) is 5.10. The molecule has 1 aromatic heterocycles.